The molecule has 0 fully saturated rings. The van der Waals surface area contributed by atoms with Gasteiger partial charge in [0.1, 0.15) is 0 Å². The van der Waals surface area contributed by atoms with Crippen molar-refractivity contribution in [2.24, 2.45) is 5.92 Å². The first-order valence-corrected chi connectivity index (χ1v) is 5.60. The van der Waals surface area contributed by atoms with E-state index in [4.69, 9.17) is 5.11 Å². The Labute approximate surface area is 105 Å². The first-order valence-electron chi connectivity index (χ1n) is 5.60. The highest BCUT2D eigenvalue weighted by atomic mass is 16.6. The smallest absolute Gasteiger partial charge is 0.303 e. The minimum atomic E-state index is -0.848. The average Bonchev–Trinajstić information content (AvgIpc) is 2.24. The lowest BCUT2D eigenvalue weighted by atomic mass is 10.1. The van der Waals surface area contributed by atoms with Crippen molar-refractivity contribution in [2.75, 3.05) is 11.9 Å². The fourth-order valence-corrected chi connectivity index (χ4v) is 1.63. The molecular weight excluding hydrogens is 236 g/mol. The van der Waals surface area contributed by atoms with Crippen molar-refractivity contribution < 1.29 is 14.8 Å². The second kappa shape index (κ2) is 6.00. The zero-order valence-corrected chi connectivity index (χ0v) is 10.3. The van der Waals surface area contributed by atoms with E-state index in [-0.39, 0.29) is 18.0 Å². The van der Waals surface area contributed by atoms with Crippen molar-refractivity contribution >= 4 is 17.3 Å². The summed E-state index contributed by atoms with van der Waals surface area (Å²) in [7, 11) is 0. The lowest BCUT2D eigenvalue weighted by molar-refractivity contribution is -0.384. The maximum Gasteiger partial charge on any atom is 0.303 e. The Morgan fingerprint density at radius 2 is 2.17 bits per heavy atom. The third-order valence-electron chi connectivity index (χ3n) is 2.45. The van der Waals surface area contributed by atoms with Crippen LogP contribution in [0.3, 0.4) is 0 Å². The summed E-state index contributed by atoms with van der Waals surface area (Å²) in [5, 5.41) is 22.3. The number of rotatable bonds is 6. The fourth-order valence-electron chi connectivity index (χ4n) is 1.63. The maximum absolute atomic E-state index is 10.7. The minimum Gasteiger partial charge on any atom is -0.481 e. The summed E-state index contributed by atoms with van der Waals surface area (Å²) in [6, 6.07) is 4.73. The second-order valence-corrected chi connectivity index (χ2v) is 4.40. The Morgan fingerprint density at radius 3 is 2.72 bits per heavy atom. The van der Waals surface area contributed by atoms with E-state index < -0.39 is 10.9 Å². The summed E-state index contributed by atoms with van der Waals surface area (Å²) in [5.74, 6) is -0.887. The number of benzene rings is 1. The number of carboxylic acids is 1. The molecule has 0 aliphatic carbocycles. The molecule has 0 aliphatic heterocycles. The number of carbonyl (C=O) groups is 1. The minimum absolute atomic E-state index is 0.0309. The summed E-state index contributed by atoms with van der Waals surface area (Å²) >= 11 is 0. The van der Waals surface area contributed by atoms with Gasteiger partial charge in [0.25, 0.3) is 5.69 Å². The number of aryl methyl sites for hydroxylation is 1. The summed E-state index contributed by atoms with van der Waals surface area (Å²) in [6.07, 6.45) is 0.0703. The lowest BCUT2D eigenvalue weighted by Gasteiger charge is -2.11. The molecule has 0 radical (unpaired) electrons. The van der Waals surface area contributed by atoms with Crippen molar-refractivity contribution in [2.45, 2.75) is 20.3 Å². The highest BCUT2D eigenvalue weighted by Crippen LogP contribution is 2.20. The number of carboxylic acid groups (broad SMARTS) is 1. The number of aliphatic carboxylic acids is 1. The third kappa shape index (κ3) is 4.40. The van der Waals surface area contributed by atoms with Gasteiger partial charge in [-0.15, -0.1) is 0 Å². The molecule has 1 rings (SSSR count). The van der Waals surface area contributed by atoms with Crippen LogP contribution in [0.2, 0.25) is 0 Å². The van der Waals surface area contributed by atoms with Gasteiger partial charge in [-0.2, -0.15) is 0 Å². The number of nitro benzene ring substituents is 1. The molecular formula is C12H16N2O4. The van der Waals surface area contributed by atoms with Gasteiger partial charge in [0, 0.05) is 30.8 Å². The molecule has 0 aromatic heterocycles. The van der Waals surface area contributed by atoms with Crippen LogP contribution in [-0.2, 0) is 4.79 Å². The van der Waals surface area contributed by atoms with Gasteiger partial charge in [0.05, 0.1) is 4.92 Å². The van der Waals surface area contributed by atoms with Crippen LogP contribution in [0, 0.1) is 23.0 Å². The number of nitro groups is 1. The number of hydrogen-bond acceptors (Lipinski definition) is 4. The van der Waals surface area contributed by atoms with E-state index in [0.717, 1.165) is 5.56 Å². The van der Waals surface area contributed by atoms with E-state index in [1.54, 1.807) is 13.0 Å². The largest absolute Gasteiger partial charge is 0.481 e. The predicted molar refractivity (Wildman–Crippen MR) is 67.7 cm³/mol. The second-order valence-electron chi connectivity index (χ2n) is 4.40. The lowest BCUT2D eigenvalue weighted by Crippen LogP contribution is -2.15. The van der Waals surface area contributed by atoms with Gasteiger partial charge in [-0.25, -0.2) is 0 Å². The van der Waals surface area contributed by atoms with Crippen molar-refractivity contribution in [3.05, 3.63) is 33.9 Å². The number of non-ortho nitro benzene ring substituents is 1. The molecule has 0 spiro atoms. The predicted octanol–water partition coefficient (Wildman–Crippen LogP) is 2.43. The normalized spacial score (nSPS) is 11.9. The molecule has 0 saturated carbocycles. The van der Waals surface area contributed by atoms with E-state index in [0.29, 0.717) is 12.2 Å². The van der Waals surface area contributed by atoms with E-state index >= 15 is 0 Å². The summed E-state index contributed by atoms with van der Waals surface area (Å²) in [5.41, 5.74) is 1.46. The molecule has 0 amide bonds. The van der Waals surface area contributed by atoms with Gasteiger partial charge < -0.3 is 10.4 Å². The van der Waals surface area contributed by atoms with Crippen LogP contribution in [0.5, 0.6) is 0 Å². The maximum atomic E-state index is 10.7. The average molecular weight is 252 g/mol. The monoisotopic (exact) mass is 252 g/mol. The summed E-state index contributed by atoms with van der Waals surface area (Å²) in [6.45, 7) is 4.05. The fraction of sp³-hybridized carbons (Fsp3) is 0.417. The van der Waals surface area contributed by atoms with Crippen LogP contribution in [0.25, 0.3) is 0 Å². The Bertz CT molecular complexity index is 459. The number of nitrogens with zero attached hydrogens (tertiary/aromatic N) is 1. The van der Waals surface area contributed by atoms with Crippen LogP contribution in [-0.4, -0.2) is 22.5 Å². The first kappa shape index (κ1) is 14.0. The molecule has 0 heterocycles. The standard InChI is InChI=1S/C12H16N2O4/c1-8-3-10(6-11(4-8)14(17)18)13-7-9(2)5-12(15)16/h3-4,6,9,13H,5,7H2,1-2H3,(H,15,16). The van der Waals surface area contributed by atoms with E-state index in [9.17, 15) is 14.9 Å². The molecule has 98 valence electrons. The van der Waals surface area contributed by atoms with Gasteiger partial charge in [0.15, 0.2) is 0 Å². The van der Waals surface area contributed by atoms with E-state index in [1.165, 1.54) is 12.1 Å². The molecule has 1 aromatic carbocycles. The van der Waals surface area contributed by atoms with Crippen molar-refractivity contribution in [3.8, 4) is 0 Å². The quantitative estimate of drug-likeness (QED) is 0.599. The topological polar surface area (TPSA) is 92.5 Å². The molecule has 6 nitrogen and oxygen atoms in total. The highest BCUT2D eigenvalue weighted by Gasteiger charge is 2.10. The molecule has 1 atom stereocenters. The third-order valence-corrected chi connectivity index (χ3v) is 2.45. The molecule has 1 aromatic rings. The van der Waals surface area contributed by atoms with Crippen molar-refractivity contribution in [1.82, 2.24) is 0 Å². The first-order chi connectivity index (χ1) is 8.38. The van der Waals surface area contributed by atoms with Crippen LogP contribution < -0.4 is 5.32 Å². The Morgan fingerprint density at radius 1 is 1.50 bits per heavy atom. The molecule has 6 heteroatoms. The Balaban J connectivity index is 2.67. The van der Waals surface area contributed by atoms with Crippen LogP contribution >= 0.6 is 0 Å². The van der Waals surface area contributed by atoms with Crippen LogP contribution in [0.15, 0.2) is 18.2 Å². The summed E-state index contributed by atoms with van der Waals surface area (Å²) < 4.78 is 0. The van der Waals surface area contributed by atoms with Crippen molar-refractivity contribution in [1.29, 1.82) is 0 Å². The van der Waals surface area contributed by atoms with E-state index in [1.807, 2.05) is 6.92 Å². The zero-order chi connectivity index (χ0) is 13.7. The number of nitrogens with one attached hydrogen (secondary N) is 1. The van der Waals surface area contributed by atoms with Crippen LogP contribution in [0.4, 0.5) is 11.4 Å². The van der Waals surface area contributed by atoms with Gasteiger partial charge in [-0.1, -0.05) is 6.92 Å². The van der Waals surface area contributed by atoms with Gasteiger partial charge in [-0.05, 0) is 24.5 Å². The van der Waals surface area contributed by atoms with Crippen LogP contribution in [0.1, 0.15) is 18.9 Å². The van der Waals surface area contributed by atoms with Crippen molar-refractivity contribution in [3.63, 3.8) is 0 Å². The Kier molecular flexibility index (Phi) is 4.65. The van der Waals surface area contributed by atoms with E-state index in [2.05, 4.69) is 5.32 Å². The zero-order valence-electron chi connectivity index (χ0n) is 10.3. The SMILES string of the molecule is Cc1cc(NCC(C)CC(=O)O)cc([N+](=O)[O-])c1. The molecule has 2 N–H and O–H groups in total. The Hall–Kier alpha value is -2.11. The molecule has 0 bridgehead atoms. The summed E-state index contributed by atoms with van der Waals surface area (Å²) in [4.78, 5) is 20.7. The molecule has 0 saturated heterocycles. The van der Waals surface area contributed by atoms with Gasteiger partial charge in [-0.3, -0.25) is 14.9 Å². The highest BCUT2D eigenvalue weighted by molar-refractivity contribution is 5.67. The molecule has 0 aliphatic rings. The number of hydrogen-bond donors (Lipinski definition) is 2. The van der Waals surface area contributed by atoms with Gasteiger partial charge >= 0.3 is 5.97 Å². The number of anilines is 1. The van der Waals surface area contributed by atoms with Gasteiger partial charge in [0.2, 0.25) is 0 Å². The molecule has 18 heavy (non-hydrogen) atoms. The molecule has 1 unspecified atom stereocenters.